The number of methoxy groups -OCH3 is 2. The van der Waals surface area contributed by atoms with Crippen LogP contribution in [-0.2, 0) is 15.8 Å². The molecule has 7 nitrogen and oxygen atoms in total. The lowest BCUT2D eigenvalue weighted by Crippen LogP contribution is -2.33. The summed E-state index contributed by atoms with van der Waals surface area (Å²) in [6.07, 6.45) is -4.57. The van der Waals surface area contributed by atoms with Crippen LogP contribution < -0.4 is 20.2 Å². The van der Waals surface area contributed by atoms with E-state index >= 15 is 0 Å². The summed E-state index contributed by atoms with van der Waals surface area (Å²) in [5.41, 5.74) is 1.82. The zero-order valence-corrected chi connectivity index (χ0v) is 15.8. The molecule has 0 saturated heterocycles. The highest BCUT2D eigenvalue weighted by Gasteiger charge is 2.30. The maximum atomic E-state index is 12.7. The molecular weight excluding hydrogens is 391 g/mol. The third kappa shape index (κ3) is 5.71. The van der Waals surface area contributed by atoms with Gasteiger partial charge in [0.2, 0.25) is 0 Å². The minimum atomic E-state index is -4.57. The molecule has 2 aromatic rings. The molecular formula is C19H18F3N3O4. The number of halogens is 3. The second kappa shape index (κ2) is 9.09. The SMILES string of the molecule is COc1ccc(C(C)=NNC(=O)C(=O)Nc2cccc(C(F)(F)F)c2)c(OC)c1. The van der Waals surface area contributed by atoms with E-state index in [1.165, 1.54) is 20.3 Å². The van der Waals surface area contributed by atoms with Crippen molar-refractivity contribution < 1.29 is 32.2 Å². The van der Waals surface area contributed by atoms with Gasteiger partial charge in [-0.2, -0.15) is 18.3 Å². The van der Waals surface area contributed by atoms with Gasteiger partial charge in [0.05, 0.1) is 25.5 Å². The van der Waals surface area contributed by atoms with Crippen LogP contribution in [0.1, 0.15) is 18.1 Å². The van der Waals surface area contributed by atoms with E-state index in [0.29, 0.717) is 22.8 Å². The topological polar surface area (TPSA) is 89.0 Å². The van der Waals surface area contributed by atoms with Crippen LogP contribution in [0, 0.1) is 0 Å². The van der Waals surface area contributed by atoms with Crippen LogP contribution in [0.15, 0.2) is 47.6 Å². The molecule has 0 aromatic heterocycles. The third-order valence-electron chi connectivity index (χ3n) is 3.78. The van der Waals surface area contributed by atoms with Crippen LogP contribution in [0.4, 0.5) is 18.9 Å². The molecule has 0 bridgehead atoms. The van der Waals surface area contributed by atoms with Gasteiger partial charge in [0.15, 0.2) is 0 Å². The Hall–Kier alpha value is -3.56. The smallest absolute Gasteiger partial charge is 0.416 e. The Morgan fingerprint density at radius 3 is 2.34 bits per heavy atom. The molecule has 0 aliphatic rings. The molecule has 0 unspecified atom stereocenters. The molecule has 0 radical (unpaired) electrons. The monoisotopic (exact) mass is 409 g/mol. The van der Waals surface area contributed by atoms with Gasteiger partial charge in [0.1, 0.15) is 11.5 Å². The van der Waals surface area contributed by atoms with Crippen molar-refractivity contribution in [2.75, 3.05) is 19.5 Å². The number of hydrazone groups is 1. The Morgan fingerprint density at radius 2 is 1.72 bits per heavy atom. The zero-order chi connectivity index (χ0) is 21.6. The normalized spacial score (nSPS) is 11.6. The Kier molecular flexibility index (Phi) is 6.81. The summed E-state index contributed by atoms with van der Waals surface area (Å²) >= 11 is 0. The van der Waals surface area contributed by atoms with Crippen molar-refractivity contribution in [2.24, 2.45) is 5.10 Å². The van der Waals surface area contributed by atoms with Gasteiger partial charge in [0, 0.05) is 17.3 Å². The number of carbonyl (C=O) groups is 2. The fourth-order valence-corrected chi connectivity index (χ4v) is 2.30. The molecule has 2 amide bonds. The number of rotatable bonds is 5. The third-order valence-corrected chi connectivity index (χ3v) is 3.78. The standard InChI is InChI=1S/C19H18F3N3O4/c1-11(15-8-7-14(28-2)10-16(15)29-3)24-25-18(27)17(26)23-13-6-4-5-12(9-13)19(20,21)22/h4-10H,1-3H3,(H,23,26)(H,25,27). The first-order chi connectivity index (χ1) is 13.7. The van der Waals surface area contributed by atoms with Crippen molar-refractivity contribution in [3.63, 3.8) is 0 Å². The van der Waals surface area contributed by atoms with Gasteiger partial charge in [-0.1, -0.05) is 6.07 Å². The minimum absolute atomic E-state index is 0.169. The van der Waals surface area contributed by atoms with E-state index in [2.05, 4.69) is 15.8 Å². The van der Waals surface area contributed by atoms with Crippen LogP contribution in [0.5, 0.6) is 11.5 Å². The second-order valence-electron chi connectivity index (χ2n) is 5.74. The molecule has 0 saturated carbocycles. The Balaban J connectivity index is 2.07. The molecule has 0 aliphatic carbocycles. The first-order valence-electron chi connectivity index (χ1n) is 8.21. The van der Waals surface area contributed by atoms with Crippen LogP contribution in [0.2, 0.25) is 0 Å². The van der Waals surface area contributed by atoms with Crippen LogP contribution >= 0.6 is 0 Å². The minimum Gasteiger partial charge on any atom is -0.497 e. The number of alkyl halides is 3. The highest BCUT2D eigenvalue weighted by atomic mass is 19.4. The van der Waals surface area contributed by atoms with Crippen molar-refractivity contribution >= 4 is 23.2 Å². The van der Waals surface area contributed by atoms with E-state index in [0.717, 1.165) is 18.2 Å². The number of ether oxygens (including phenoxy) is 2. The van der Waals surface area contributed by atoms with E-state index in [1.807, 2.05) is 0 Å². The number of amides is 2. The summed E-state index contributed by atoms with van der Waals surface area (Å²) in [5.74, 6) is -1.31. The number of nitrogens with zero attached hydrogens (tertiary/aromatic N) is 1. The summed E-state index contributed by atoms with van der Waals surface area (Å²) in [5, 5.41) is 5.93. The molecule has 0 spiro atoms. The number of anilines is 1. The average molecular weight is 409 g/mol. The van der Waals surface area contributed by atoms with E-state index in [1.54, 1.807) is 25.1 Å². The summed E-state index contributed by atoms with van der Waals surface area (Å²) in [6.45, 7) is 1.58. The van der Waals surface area contributed by atoms with Crippen molar-refractivity contribution in [3.05, 3.63) is 53.6 Å². The van der Waals surface area contributed by atoms with Gasteiger partial charge in [0.25, 0.3) is 0 Å². The van der Waals surface area contributed by atoms with Crippen molar-refractivity contribution in [1.29, 1.82) is 0 Å². The lowest BCUT2D eigenvalue weighted by molar-refractivity contribution is -0.137. The quantitative estimate of drug-likeness (QED) is 0.451. The summed E-state index contributed by atoms with van der Waals surface area (Å²) in [4.78, 5) is 23.8. The van der Waals surface area contributed by atoms with Crippen molar-refractivity contribution in [1.82, 2.24) is 5.43 Å². The van der Waals surface area contributed by atoms with Crippen LogP contribution in [-0.4, -0.2) is 31.7 Å². The lowest BCUT2D eigenvalue weighted by Gasteiger charge is -2.11. The van der Waals surface area contributed by atoms with Gasteiger partial charge in [-0.3, -0.25) is 9.59 Å². The Labute approximate surface area is 164 Å². The van der Waals surface area contributed by atoms with Gasteiger partial charge < -0.3 is 14.8 Å². The molecule has 154 valence electrons. The molecule has 2 aromatic carbocycles. The van der Waals surface area contributed by atoms with Gasteiger partial charge in [-0.05, 0) is 37.3 Å². The second-order valence-corrected chi connectivity index (χ2v) is 5.74. The number of nitrogens with one attached hydrogen (secondary N) is 2. The van der Waals surface area contributed by atoms with Gasteiger partial charge >= 0.3 is 18.0 Å². The Morgan fingerprint density at radius 1 is 1.00 bits per heavy atom. The molecule has 0 heterocycles. The molecule has 0 aliphatic heterocycles. The van der Waals surface area contributed by atoms with E-state index < -0.39 is 23.6 Å². The van der Waals surface area contributed by atoms with Crippen molar-refractivity contribution in [3.8, 4) is 11.5 Å². The molecule has 0 atom stereocenters. The van der Waals surface area contributed by atoms with E-state index in [9.17, 15) is 22.8 Å². The molecule has 10 heteroatoms. The fraction of sp³-hybridized carbons (Fsp3) is 0.211. The average Bonchev–Trinajstić information content (AvgIpc) is 2.70. The molecule has 2 N–H and O–H groups in total. The summed E-state index contributed by atoms with van der Waals surface area (Å²) in [6, 6.07) is 8.88. The zero-order valence-electron chi connectivity index (χ0n) is 15.8. The highest BCUT2D eigenvalue weighted by molar-refractivity contribution is 6.39. The predicted octanol–water partition coefficient (Wildman–Crippen LogP) is 3.20. The largest absolute Gasteiger partial charge is 0.497 e. The number of benzene rings is 2. The van der Waals surface area contributed by atoms with Crippen molar-refractivity contribution in [2.45, 2.75) is 13.1 Å². The maximum absolute atomic E-state index is 12.7. The first kappa shape index (κ1) is 21.7. The fourth-order valence-electron chi connectivity index (χ4n) is 2.30. The van der Waals surface area contributed by atoms with E-state index in [4.69, 9.17) is 9.47 Å². The van der Waals surface area contributed by atoms with Gasteiger partial charge in [-0.25, -0.2) is 5.43 Å². The highest BCUT2D eigenvalue weighted by Crippen LogP contribution is 2.30. The summed E-state index contributed by atoms with van der Waals surface area (Å²) < 4.78 is 48.5. The van der Waals surface area contributed by atoms with E-state index in [-0.39, 0.29) is 5.69 Å². The lowest BCUT2D eigenvalue weighted by atomic mass is 10.1. The summed E-state index contributed by atoms with van der Waals surface area (Å²) in [7, 11) is 2.95. The first-order valence-corrected chi connectivity index (χ1v) is 8.21. The van der Waals surface area contributed by atoms with Crippen LogP contribution in [0.25, 0.3) is 0 Å². The maximum Gasteiger partial charge on any atom is 0.416 e. The molecule has 29 heavy (non-hydrogen) atoms. The Bertz CT molecular complexity index is 943. The molecule has 0 fully saturated rings. The predicted molar refractivity (Wildman–Crippen MR) is 100.0 cm³/mol. The molecule has 2 rings (SSSR count). The number of carbonyl (C=O) groups excluding carboxylic acids is 2. The number of hydrogen-bond donors (Lipinski definition) is 2. The van der Waals surface area contributed by atoms with Gasteiger partial charge in [-0.15, -0.1) is 0 Å². The number of hydrogen-bond acceptors (Lipinski definition) is 5. The van der Waals surface area contributed by atoms with Crippen LogP contribution in [0.3, 0.4) is 0 Å².